The lowest BCUT2D eigenvalue weighted by Gasteiger charge is -2.37. The van der Waals surface area contributed by atoms with E-state index in [0.717, 1.165) is 72.7 Å². The average Bonchev–Trinajstić information content (AvgIpc) is 2.97. The van der Waals surface area contributed by atoms with Crippen molar-refractivity contribution in [3.05, 3.63) is 86.3 Å². The molecule has 3 aromatic rings. The number of hydrogen-bond acceptors (Lipinski definition) is 5. The van der Waals surface area contributed by atoms with Crippen molar-refractivity contribution < 1.29 is 4.79 Å². The maximum Gasteiger partial charge on any atom is 0.253 e. The Labute approximate surface area is 249 Å². The summed E-state index contributed by atoms with van der Waals surface area (Å²) in [6.45, 7) is 16.5. The number of aromatic amines is 1. The lowest BCUT2D eigenvalue weighted by Crippen LogP contribution is -2.38. The third-order valence-electron chi connectivity index (χ3n) is 8.41. The highest BCUT2D eigenvalue weighted by Crippen LogP contribution is 2.35. The van der Waals surface area contributed by atoms with Crippen LogP contribution in [0.4, 0.5) is 5.69 Å². The molecule has 2 N–H and O–H groups in total. The molecule has 41 heavy (non-hydrogen) atoms. The number of pyridine rings is 1. The fourth-order valence-corrected chi connectivity index (χ4v) is 6.98. The number of thioether (sulfide) groups is 1. The summed E-state index contributed by atoms with van der Waals surface area (Å²) in [6.07, 6.45) is 2.30. The summed E-state index contributed by atoms with van der Waals surface area (Å²) >= 11 is 2.03. The third kappa shape index (κ3) is 7.44. The highest BCUT2D eigenvalue weighted by molar-refractivity contribution is 7.99. The Hall–Kier alpha value is -3.03. The zero-order valence-electron chi connectivity index (χ0n) is 25.6. The first kappa shape index (κ1) is 30.9. The van der Waals surface area contributed by atoms with Gasteiger partial charge in [0.05, 0.1) is 0 Å². The number of H-pyrrole nitrogens is 1. The monoisotopic (exact) mass is 574 g/mol. The lowest BCUT2D eigenvalue weighted by molar-refractivity contribution is 0.0950. The van der Waals surface area contributed by atoms with Gasteiger partial charge in [-0.15, -0.1) is 0 Å². The second-order valence-corrected chi connectivity index (χ2v) is 12.3. The zero-order valence-corrected chi connectivity index (χ0v) is 26.4. The molecular weight excluding hydrogens is 528 g/mol. The highest BCUT2D eigenvalue weighted by Gasteiger charge is 2.25. The summed E-state index contributed by atoms with van der Waals surface area (Å²) < 4.78 is 0. The van der Waals surface area contributed by atoms with Crippen molar-refractivity contribution >= 4 is 23.4 Å². The minimum absolute atomic E-state index is 0.147. The van der Waals surface area contributed by atoms with E-state index in [1.165, 1.54) is 17.1 Å². The van der Waals surface area contributed by atoms with E-state index in [0.29, 0.717) is 17.2 Å². The van der Waals surface area contributed by atoms with Crippen LogP contribution in [0.15, 0.2) is 47.3 Å². The second kappa shape index (κ2) is 14.2. The van der Waals surface area contributed by atoms with Crippen molar-refractivity contribution in [2.45, 2.75) is 73.5 Å². The van der Waals surface area contributed by atoms with Crippen LogP contribution in [0.5, 0.6) is 0 Å². The van der Waals surface area contributed by atoms with Gasteiger partial charge in [0.1, 0.15) is 0 Å². The van der Waals surface area contributed by atoms with E-state index < -0.39 is 0 Å². The van der Waals surface area contributed by atoms with Crippen LogP contribution >= 0.6 is 11.8 Å². The largest absolute Gasteiger partial charge is 0.369 e. The Morgan fingerprint density at radius 3 is 2.24 bits per heavy atom. The summed E-state index contributed by atoms with van der Waals surface area (Å²) in [4.78, 5) is 34.1. The van der Waals surface area contributed by atoms with Crippen LogP contribution in [0.25, 0.3) is 11.1 Å². The van der Waals surface area contributed by atoms with Crippen molar-refractivity contribution in [3.63, 3.8) is 0 Å². The van der Waals surface area contributed by atoms with Gasteiger partial charge in [-0.3, -0.25) is 14.5 Å². The van der Waals surface area contributed by atoms with Gasteiger partial charge in [-0.05, 0) is 111 Å². The first-order valence-electron chi connectivity index (χ1n) is 15.0. The van der Waals surface area contributed by atoms with Gasteiger partial charge in [0.25, 0.3) is 11.5 Å². The van der Waals surface area contributed by atoms with Crippen LogP contribution in [-0.4, -0.2) is 53.0 Å². The van der Waals surface area contributed by atoms with E-state index in [9.17, 15) is 9.59 Å². The molecule has 0 aliphatic carbocycles. The van der Waals surface area contributed by atoms with Crippen LogP contribution in [0.1, 0.15) is 71.9 Å². The number of carbonyl (C=O) groups is 1. The zero-order chi connectivity index (χ0) is 29.5. The molecule has 1 aliphatic rings. The number of aryl methyl sites for hydroxylation is 2. The topological polar surface area (TPSA) is 68.4 Å². The predicted molar refractivity (Wildman–Crippen MR) is 174 cm³/mol. The van der Waals surface area contributed by atoms with Crippen LogP contribution in [0, 0.1) is 20.8 Å². The number of hydrogen-bond donors (Lipinski definition) is 2. The number of nitrogens with zero attached hydrogens (tertiary/aromatic N) is 2. The standard InChI is InChI=1S/C34H46N4O2S/c1-7-37(8-2)22-26-10-12-27(13-11-26)28-19-30(33(39)35-21-31-23(4)18-24(5)36-34(31)40)25(6)32(20-28)38(9-3)29-14-16-41-17-15-29/h10-13,18-20,29H,7-9,14-17,21-22H2,1-6H3,(H,35,39)(H,36,40). The van der Waals surface area contributed by atoms with Crippen molar-refractivity contribution in [1.29, 1.82) is 0 Å². The summed E-state index contributed by atoms with van der Waals surface area (Å²) in [5, 5.41) is 3.06. The predicted octanol–water partition coefficient (Wildman–Crippen LogP) is 6.46. The minimum atomic E-state index is -0.154. The fraction of sp³-hybridized carbons (Fsp3) is 0.471. The Morgan fingerprint density at radius 2 is 1.63 bits per heavy atom. The molecule has 4 rings (SSSR count). The number of anilines is 1. The molecule has 2 heterocycles. The van der Waals surface area contributed by atoms with E-state index in [1.54, 1.807) is 0 Å². The van der Waals surface area contributed by atoms with Gasteiger partial charge < -0.3 is 15.2 Å². The van der Waals surface area contributed by atoms with Gasteiger partial charge in [0.2, 0.25) is 0 Å². The highest BCUT2D eigenvalue weighted by atomic mass is 32.2. The molecule has 1 fully saturated rings. The first-order valence-corrected chi connectivity index (χ1v) is 16.2. The molecular formula is C34H46N4O2S. The Balaban J connectivity index is 1.71. The third-order valence-corrected chi connectivity index (χ3v) is 9.46. The van der Waals surface area contributed by atoms with Crippen molar-refractivity contribution in [2.24, 2.45) is 0 Å². The molecule has 0 spiro atoms. The summed E-state index contributed by atoms with van der Waals surface area (Å²) in [7, 11) is 0. The Morgan fingerprint density at radius 1 is 0.951 bits per heavy atom. The Kier molecular flexibility index (Phi) is 10.7. The van der Waals surface area contributed by atoms with E-state index in [2.05, 4.69) is 78.1 Å². The van der Waals surface area contributed by atoms with Gasteiger partial charge in [-0.1, -0.05) is 38.1 Å². The number of aromatic nitrogens is 1. The molecule has 0 atom stereocenters. The lowest BCUT2D eigenvalue weighted by atomic mass is 9.95. The molecule has 6 nitrogen and oxygen atoms in total. The van der Waals surface area contributed by atoms with Gasteiger partial charge >= 0.3 is 0 Å². The van der Waals surface area contributed by atoms with Gasteiger partial charge in [-0.25, -0.2) is 0 Å². The van der Waals surface area contributed by atoms with Gasteiger partial charge in [0, 0.05) is 48.2 Å². The molecule has 1 saturated heterocycles. The quantitative estimate of drug-likeness (QED) is 0.275. The van der Waals surface area contributed by atoms with Gasteiger partial charge in [-0.2, -0.15) is 11.8 Å². The van der Waals surface area contributed by atoms with Crippen molar-refractivity contribution in [3.8, 4) is 11.1 Å². The van der Waals surface area contributed by atoms with E-state index >= 15 is 0 Å². The van der Waals surface area contributed by atoms with E-state index in [4.69, 9.17) is 0 Å². The first-order chi connectivity index (χ1) is 19.7. The number of rotatable bonds is 11. The van der Waals surface area contributed by atoms with Crippen LogP contribution in [0.2, 0.25) is 0 Å². The molecule has 2 aromatic carbocycles. The molecule has 1 amide bonds. The SMILES string of the molecule is CCN(CC)Cc1ccc(-c2cc(C(=O)NCc3c(C)cc(C)[nH]c3=O)c(C)c(N(CC)C3CCSCC3)c2)cc1. The molecule has 0 bridgehead atoms. The van der Waals surface area contributed by atoms with Crippen LogP contribution in [-0.2, 0) is 13.1 Å². The Bertz CT molecular complexity index is 1390. The van der Waals surface area contributed by atoms with E-state index in [-0.39, 0.29) is 18.0 Å². The smallest absolute Gasteiger partial charge is 0.253 e. The maximum atomic E-state index is 13.7. The molecule has 1 aromatic heterocycles. The fourth-order valence-electron chi connectivity index (χ4n) is 5.90. The van der Waals surface area contributed by atoms with Crippen molar-refractivity contribution in [2.75, 3.05) is 36.0 Å². The molecule has 7 heteroatoms. The second-order valence-electron chi connectivity index (χ2n) is 11.1. The number of carbonyl (C=O) groups excluding carboxylic acids is 1. The number of amides is 1. The van der Waals surface area contributed by atoms with E-state index in [1.807, 2.05) is 37.7 Å². The molecule has 0 unspecified atom stereocenters. The van der Waals surface area contributed by atoms with Crippen LogP contribution in [0.3, 0.4) is 0 Å². The summed E-state index contributed by atoms with van der Waals surface area (Å²) in [6, 6.07) is 15.5. The minimum Gasteiger partial charge on any atom is -0.369 e. The van der Waals surface area contributed by atoms with Crippen LogP contribution < -0.4 is 15.8 Å². The number of benzene rings is 2. The number of nitrogens with one attached hydrogen (secondary N) is 2. The molecule has 0 radical (unpaired) electrons. The molecule has 0 saturated carbocycles. The average molecular weight is 575 g/mol. The molecule has 220 valence electrons. The van der Waals surface area contributed by atoms with Gasteiger partial charge in [0.15, 0.2) is 0 Å². The maximum absolute atomic E-state index is 13.7. The van der Waals surface area contributed by atoms with Crippen molar-refractivity contribution in [1.82, 2.24) is 15.2 Å². The normalized spacial score (nSPS) is 13.9. The summed E-state index contributed by atoms with van der Waals surface area (Å²) in [5.74, 6) is 2.19. The molecule has 1 aliphatic heterocycles. The summed E-state index contributed by atoms with van der Waals surface area (Å²) in [5.41, 5.74) is 8.36.